The molecule has 0 aliphatic rings. The van der Waals surface area contributed by atoms with Gasteiger partial charge in [0.25, 0.3) is 0 Å². The summed E-state index contributed by atoms with van der Waals surface area (Å²) in [6.45, 7) is 24.0. The van der Waals surface area contributed by atoms with Crippen molar-refractivity contribution in [3.63, 3.8) is 0 Å². The molecule has 0 spiro atoms. The van der Waals surface area contributed by atoms with Crippen molar-refractivity contribution in [1.29, 1.82) is 0 Å². The molecule has 0 aliphatic heterocycles. The van der Waals surface area contributed by atoms with Gasteiger partial charge in [0.15, 0.2) is 0 Å². The summed E-state index contributed by atoms with van der Waals surface area (Å²) in [7, 11) is 0. The largest absolute Gasteiger partial charge is 0.412 e. The molecule has 91 heavy (non-hydrogen) atoms. The van der Waals surface area contributed by atoms with Gasteiger partial charge in [0.1, 0.15) is 0 Å². The maximum absolute atomic E-state index is 4.37. The predicted octanol–water partition coefficient (Wildman–Crippen LogP) is -18.5. The normalized spacial score (nSPS) is 5.24. The first-order valence-corrected chi connectivity index (χ1v) is 17.0. The third kappa shape index (κ3) is 111. The SMILES string of the molecule is Cc1cc(C#Cc2cc(C(C)(C)C)cc(C(C)(C)C)c2)cc(C)c1[N+]#[Mo].Cc1ccc(C#Cc2cc(C)c([N+]#[Mo])c(C)c2)cc1.O.O.O.O.O.O.O.O.O.O.O.O.O.O.O.O.O.O.O.O.O.O.O.O.O.O.O.O.O.O.O.O.O.O.O.O.[Mo].[Mo].[Mo].[Mo].[Mo].[Mo].[Mo].[Mo].[Mo].[Mo]. The van der Waals surface area contributed by atoms with Crippen LogP contribution in [0.5, 0.6) is 0 Å². The third-order valence-electron chi connectivity index (χ3n) is 7.58. The Labute approximate surface area is 694 Å². The van der Waals surface area contributed by atoms with E-state index in [9.17, 15) is 0 Å². The summed E-state index contributed by atoms with van der Waals surface area (Å²) >= 11 is 3.52. The molecule has 0 saturated carbocycles. The van der Waals surface area contributed by atoms with E-state index in [0.29, 0.717) is 0 Å². The molecular weight excluding hydrogens is 2250 g/mol. The molecule has 50 heteroatoms. The topological polar surface area (TPSA) is 1140 Å². The molecule has 4 rings (SSSR count). The molecule has 4 aromatic carbocycles. The molecule has 0 aliphatic carbocycles. The molecule has 0 heterocycles. The number of aryl methyl sites for hydroxylation is 5. The Morgan fingerprint density at radius 3 is 0.549 bits per heavy atom. The van der Waals surface area contributed by atoms with E-state index in [1.165, 1.54) is 38.9 Å². The fraction of sp³-hybridized carbons (Fsp3) is 0.317. The Bertz CT molecular complexity index is 1970. The van der Waals surface area contributed by atoms with Gasteiger partial charge in [0.2, 0.25) is 0 Å². The minimum Gasteiger partial charge on any atom is -0.412 e. The van der Waals surface area contributed by atoms with E-state index < -0.39 is 0 Å². The summed E-state index contributed by atoms with van der Waals surface area (Å²) in [4.78, 5) is 0. The molecule has 0 saturated heterocycles. The molecule has 0 unspecified atom stereocenters. The fourth-order valence-electron chi connectivity index (χ4n) is 4.84. The van der Waals surface area contributed by atoms with Gasteiger partial charge in [0, 0.05) is 211 Å². The van der Waals surface area contributed by atoms with E-state index in [4.69, 9.17) is 0 Å². The molecule has 0 bridgehead atoms. The molecule has 38 nitrogen and oxygen atoms in total. The summed E-state index contributed by atoms with van der Waals surface area (Å²) in [6, 6.07) is 23.5. The Hall–Kier alpha value is 2.24. The van der Waals surface area contributed by atoms with Crippen LogP contribution in [0.15, 0.2) is 66.7 Å². The van der Waals surface area contributed by atoms with Gasteiger partial charge in [-0.2, -0.15) is 0 Å². The average Bonchev–Trinajstić information content (AvgIpc) is 2.95. The van der Waals surface area contributed by atoms with E-state index in [0.717, 1.165) is 33.6 Å². The van der Waals surface area contributed by atoms with E-state index >= 15 is 0 Å². The van der Waals surface area contributed by atoms with Crippen LogP contribution in [-0.2, 0) is 260 Å². The second-order valence-corrected chi connectivity index (χ2v) is 14.7. The summed E-state index contributed by atoms with van der Waals surface area (Å²) in [5.74, 6) is 13.2. The number of rotatable bonds is 0. The third-order valence-corrected chi connectivity index (χ3v) is 8.48. The maximum atomic E-state index is 4.37. The number of hydrogen-bond donors (Lipinski definition) is 0. The Balaban J connectivity index is -0.00000000776. The van der Waals surface area contributed by atoms with Crippen LogP contribution in [0.4, 0.5) is 11.4 Å². The second kappa shape index (κ2) is 156. The van der Waals surface area contributed by atoms with Gasteiger partial charge >= 0.3 is 295 Å². The van der Waals surface area contributed by atoms with Crippen LogP contribution in [0.2, 0.25) is 0 Å². The first kappa shape index (κ1) is 327. The first-order valence-electron chi connectivity index (χ1n) is 15.2. The Kier molecular flexibility index (Phi) is 560. The van der Waals surface area contributed by atoms with E-state index in [-0.39, 0.29) is 419 Å². The van der Waals surface area contributed by atoms with Crippen LogP contribution in [-0.4, -0.2) is 197 Å². The molecule has 576 valence electrons. The molecule has 0 aromatic heterocycles. The number of hydrogen-bond acceptors (Lipinski definition) is 0. The molecule has 0 fully saturated rings. The number of benzene rings is 4. The van der Waals surface area contributed by atoms with Crippen molar-refractivity contribution in [2.24, 2.45) is 0 Å². The summed E-state index contributed by atoms with van der Waals surface area (Å²) in [6.07, 6.45) is 0. The predicted molar refractivity (Wildman–Crippen MR) is 315 cm³/mol. The van der Waals surface area contributed by atoms with Crippen molar-refractivity contribution in [3.8, 4) is 23.7 Å². The quantitative estimate of drug-likeness (QED) is 0.117. The minimum atomic E-state index is 0. The molecule has 72 N–H and O–H groups in total. The minimum absolute atomic E-state index is 0. The van der Waals surface area contributed by atoms with Crippen LogP contribution >= 0.6 is 0 Å². The molecule has 4 aromatic rings. The summed E-state index contributed by atoms with van der Waals surface area (Å²) in [5, 5.41) is 0. The van der Waals surface area contributed by atoms with Gasteiger partial charge in [0.05, 0.1) is 0 Å². The zero-order chi connectivity index (χ0) is 33.5. The van der Waals surface area contributed by atoms with Gasteiger partial charge in [-0.15, -0.1) is 0 Å². The first-order chi connectivity index (χ1) is 21.0. The van der Waals surface area contributed by atoms with Crippen molar-refractivity contribution in [3.05, 3.63) is 135 Å². The van der Waals surface area contributed by atoms with Crippen molar-refractivity contribution in [2.45, 2.75) is 87.0 Å². The van der Waals surface area contributed by atoms with Crippen LogP contribution in [0.1, 0.15) is 103 Å². The second-order valence-electron chi connectivity index (χ2n) is 13.8. The van der Waals surface area contributed by atoms with E-state index in [1.54, 1.807) is 38.9 Å². The van der Waals surface area contributed by atoms with Crippen molar-refractivity contribution in [1.82, 2.24) is 0 Å². The smallest absolute Gasteiger partial charge is 0 e. The van der Waals surface area contributed by atoms with Gasteiger partial charge in [-0.25, -0.2) is 0 Å². The van der Waals surface area contributed by atoms with E-state index in [1.807, 2.05) is 0 Å². The Morgan fingerprint density at radius 2 is 0.396 bits per heavy atom. The maximum Gasteiger partial charge on any atom is 0 e. The van der Waals surface area contributed by atoms with Crippen molar-refractivity contribution >= 4 is 11.4 Å². The average molecular weight is 2360 g/mol. The van der Waals surface area contributed by atoms with Gasteiger partial charge in [-0.1, -0.05) is 0 Å². The Morgan fingerprint density at radius 1 is 0.242 bits per heavy atom. The van der Waals surface area contributed by atoms with Crippen molar-refractivity contribution < 1.29 is 447 Å². The van der Waals surface area contributed by atoms with E-state index in [2.05, 4.69) is 173 Å². The van der Waals surface area contributed by atoms with Crippen LogP contribution in [0.25, 0.3) is 6.62 Å². The zero-order valence-electron chi connectivity index (χ0n) is 50.6. The molecule has 0 amide bonds. The summed E-state index contributed by atoms with van der Waals surface area (Å²) in [5.41, 5.74) is 15.2. The molecule has 0 radical (unpaired) electrons. The van der Waals surface area contributed by atoms with Gasteiger partial charge < -0.3 is 197 Å². The standard InChI is InChI=1S/C24H29N.C17H15N.12Mo.36H2O/c1-16-11-18(12-17(2)22(16)25)9-10-19-13-20(23(3,4)5)15-21(14-19)24(6,7)8;1-12-4-6-15(7-5-12)8-9-16-10-13(2)17(18)14(3)11-16;;;;;;;;;;;;;;;;;;;;;;;;;;;;;;;;;;;;;;;;;;;;;;;;/h11-15H,1-8H3;4-7,10-11H,1-3H3;;;;;;;;;;;;;36*1H2/q2*+1;;;;;;;;;;;;;;;;;;;;;;;;;;;;;;;;;;;;;;;;;;;;;;;;. The summed E-state index contributed by atoms with van der Waals surface area (Å²) < 4.78 is 8.67. The molecular formula is C41H116Mo12N2O36+2. The fourth-order valence-corrected chi connectivity index (χ4v) is 6.25. The van der Waals surface area contributed by atoms with Crippen LogP contribution in [0, 0.1) is 58.3 Å². The van der Waals surface area contributed by atoms with Gasteiger partial charge in [-0.05, 0) is 0 Å². The van der Waals surface area contributed by atoms with Crippen LogP contribution in [0.3, 0.4) is 0 Å². The van der Waals surface area contributed by atoms with Crippen molar-refractivity contribution in [2.75, 3.05) is 0 Å². The van der Waals surface area contributed by atoms with Crippen LogP contribution < -0.4 is 0 Å². The van der Waals surface area contributed by atoms with Gasteiger partial charge in [-0.3, -0.25) is 0 Å². The monoisotopic (exact) mass is 2390 g/mol. The molecule has 0 atom stereocenters. The number of nitrogens with zero attached hydrogens (tertiary/aromatic N) is 2. The zero-order valence-corrected chi connectivity index (χ0v) is 74.7.